The van der Waals surface area contributed by atoms with Crippen LogP contribution in [-0.2, 0) is 22.5 Å². The van der Waals surface area contributed by atoms with E-state index in [4.69, 9.17) is 4.74 Å². The number of imidazole rings is 1. The van der Waals surface area contributed by atoms with E-state index in [0.717, 1.165) is 30.0 Å². The molecule has 1 amide bonds. The van der Waals surface area contributed by atoms with Crippen LogP contribution in [-0.4, -0.2) is 42.3 Å². The molecule has 1 aromatic heterocycles. The van der Waals surface area contributed by atoms with Gasteiger partial charge in [-0.15, -0.1) is 24.8 Å². The van der Waals surface area contributed by atoms with E-state index >= 15 is 0 Å². The Labute approximate surface area is 166 Å². The first kappa shape index (κ1) is 22.4. The maximum Gasteiger partial charge on any atom is 0.238 e. The number of hydrogen-bond acceptors (Lipinski definition) is 4. The zero-order chi connectivity index (χ0) is 16.8. The monoisotopic (exact) mass is 400 g/mol. The molecule has 6 nitrogen and oxygen atoms in total. The van der Waals surface area contributed by atoms with Crippen molar-refractivity contribution in [2.45, 2.75) is 25.8 Å². The average Bonchev–Trinajstić information content (AvgIpc) is 3.04. The summed E-state index contributed by atoms with van der Waals surface area (Å²) in [5, 5.41) is 5.91. The molecule has 3 rings (SSSR count). The fourth-order valence-corrected chi connectivity index (χ4v) is 2.95. The summed E-state index contributed by atoms with van der Waals surface area (Å²) in [6.07, 6.45) is 5.54. The van der Waals surface area contributed by atoms with E-state index in [9.17, 15) is 4.79 Å². The number of hydrogen-bond donors (Lipinski definition) is 2. The molecule has 1 aromatic carbocycles. The molecule has 0 unspecified atom stereocenters. The van der Waals surface area contributed by atoms with Gasteiger partial charge >= 0.3 is 0 Å². The highest BCUT2D eigenvalue weighted by molar-refractivity contribution is 5.92. The highest BCUT2D eigenvalue weighted by atomic mass is 35.5. The van der Waals surface area contributed by atoms with Crippen molar-refractivity contribution in [2.24, 2.45) is 0 Å². The number of rotatable bonds is 7. The second-order valence-corrected chi connectivity index (χ2v) is 5.98. The molecule has 2 heterocycles. The van der Waals surface area contributed by atoms with E-state index in [1.54, 1.807) is 7.11 Å². The molecule has 26 heavy (non-hydrogen) atoms. The highest BCUT2D eigenvalue weighted by Gasteiger charge is 2.15. The lowest BCUT2D eigenvalue weighted by molar-refractivity contribution is -0.115. The summed E-state index contributed by atoms with van der Waals surface area (Å²) in [6, 6.07) is 7.87. The predicted octanol–water partition coefficient (Wildman–Crippen LogP) is 2.90. The number of methoxy groups -OCH3 is 1. The van der Waals surface area contributed by atoms with Gasteiger partial charge in [-0.1, -0.05) is 0 Å². The second kappa shape index (κ2) is 11.2. The molecule has 2 N–H and O–H groups in total. The Morgan fingerprint density at radius 1 is 1.23 bits per heavy atom. The minimum Gasteiger partial charge on any atom is -0.383 e. The fourth-order valence-electron chi connectivity index (χ4n) is 2.95. The third-order valence-corrected chi connectivity index (χ3v) is 4.20. The smallest absolute Gasteiger partial charge is 0.238 e. The summed E-state index contributed by atoms with van der Waals surface area (Å²) < 4.78 is 7.23. The van der Waals surface area contributed by atoms with Gasteiger partial charge in [0, 0.05) is 43.3 Å². The first-order valence-electron chi connectivity index (χ1n) is 8.42. The van der Waals surface area contributed by atoms with Crippen molar-refractivity contribution in [2.75, 3.05) is 32.1 Å². The minimum absolute atomic E-state index is 0. The van der Waals surface area contributed by atoms with Gasteiger partial charge in [0.05, 0.1) is 13.2 Å². The van der Waals surface area contributed by atoms with Crippen molar-refractivity contribution in [1.29, 1.82) is 0 Å². The molecule has 2 aromatic rings. The number of aryl methyl sites for hydroxylation is 1. The van der Waals surface area contributed by atoms with Gasteiger partial charge < -0.3 is 19.9 Å². The first-order valence-corrected chi connectivity index (χ1v) is 8.42. The number of amides is 1. The second-order valence-electron chi connectivity index (χ2n) is 5.98. The van der Waals surface area contributed by atoms with E-state index in [1.165, 1.54) is 18.5 Å². The van der Waals surface area contributed by atoms with Gasteiger partial charge in [0.1, 0.15) is 5.82 Å². The van der Waals surface area contributed by atoms with Gasteiger partial charge in [0.25, 0.3) is 0 Å². The van der Waals surface area contributed by atoms with E-state index < -0.39 is 0 Å². The number of benzene rings is 1. The topological polar surface area (TPSA) is 68.2 Å². The SMILES string of the molecule is COCCNCC(=O)Nc1ccc(-c2ncc3n2CCCC3)cc1.Cl.Cl. The minimum atomic E-state index is -0.0583. The van der Waals surface area contributed by atoms with Gasteiger partial charge in [0.15, 0.2) is 0 Å². The number of aromatic nitrogens is 2. The number of nitrogens with one attached hydrogen (secondary N) is 2. The predicted molar refractivity (Wildman–Crippen MR) is 108 cm³/mol. The van der Waals surface area contributed by atoms with Crippen LogP contribution in [0, 0.1) is 0 Å². The molecule has 8 heteroatoms. The third kappa shape index (κ3) is 5.71. The average molecular weight is 401 g/mol. The molecule has 0 saturated carbocycles. The molecule has 1 aliphatic rings. The summed E-state index contributed by atoms with van der Waals surface area (Å²) in [6.45, 7) is 2.57. The summed E-state index contributed by atoms with van der Waals surface area (Å²) >= 11 is 0. The number of halogens is 2. The Balaban J connectivity index is 0.00000169. The van der Waals surface area contributed by atoms with E-state index in [0.29, 0.717) is 13.2 Å². The van der Waals surface area contributed by atoms with Gasteiger partial charge in [-0.25, -0.2) is 4.98 Å². The van der Waals surface area contributed by atoms with Crippen molar-refractivity contribution >= 4 is 36.4 Å². The first-order chi connectivity index (χ1) is 11.8. The van der Waals surface area contributed by atoms with Crippen LogP contribution in [0.4, 0.5) is 5.69 Å². The standard InChI is InChI=1S/C18H24N4O2.2ClH/c1-24-11-9-19-13-17(23)21-15-7-5-14(6-8-15)18-20-12-16-4-2-3-10-22(16)18;;/h5-8,12,19H,2-4,9-11,13H2,1H3,(H,21,23);2*1H. The van der Waals surface area contributed by atoms with E-state index in [1.807, 2.05) is 30.5 Å². The number of fused-ring (bicyclic) bond motifs is 1. The van der Waals surface area contributed by atoms with Gasteiger partial charge in [0.2, 0.25) is 5.91 Å². The molecule has 0 fully saturated rings. The fraction of sp³-hybridized carbons (Fsp3) is 0.444. The Bertz CT molecular complexity index is 689. The third-order valence-electron chi connectivity index (χ3n) is 4.20. The summed E-state index contributed by atoms with van der Waals surface area (Å²) in [7, 11) is 1.64. The normalized spacial score (nSPS) is 12.5. The van der Waals surface area contributed by atoms with Crippen LogP contribution in [0.15, 0.2) is 30.5 Å². The van der Waals surface area contributed by atoms with Crippen LogP contribution in [0.25, 0.3) is 11.4 Å². The number of carbonyl (C=O) groups excluding carboxylic acids is 1. The Hall–Kier alpha value is -1.60. The highest BCUT2D eigenvalue weighted by Crippen LogP contribution is 2.25. The van der Waals surface area contributed by atoms with Crippen molar-refractivity contribution in [1.82, 2.24) is 14.9 Å². The van der Waals surface area contributed by atoms with Crippen LogP contribution >= 0.6 is 24.8 Å². The van der Waals surface area contributed by atoms with Crippen molar-refractivity contribution < 1.29 is 9.53 Å². The van der Waals surface area contributed by atoms with Crippen molar-refractivity contribution in [3.63, 3.8) is 0 Å². The lowest BCUT2D eigenvalue weighted by Crippen LogP contribution is -2.30. The number of nitrogens with zero attached hydrogens (tertiary/aromatic N) is 2. The number of ether oxygens (including phenoxy) is 1. The van der Waals surface area contributed by atoms with E-state index in [-0.39, 0.29) is 37.3 Å². The Morgan fingerprint density at radius 2 is 2.00 bits per heavy atom. The molecule has 0 atom stereocenters. The van der Waals surface area contributed by atoms with Gasteiger partial charge in [-0.2, -0.15) is 0 Å². The quantitative estimate of drug-likeness (QED) is 0.701. The molecule has 0 radical (unpaired) electrons. The molecular weight excluding hydrogens is 375 g/mol. The maximum atomic E-state index is 11.8. The van der Waals surface area contributed by atoms with Crippen LogP contribution < -0.4 is 10.6 Å². The van der Waals surface area contributed by atoms with Crippen LogP contribution in [0.3, 0.4) is 0 Å². The molecule has 144 valence electrons. The molecule has 1 aliphatic heterocycles. The van der Waals surface area contributed by atoms with Gasteiger partial charge in [-0.05, 0) is 43.5 Å². The summed E-state index contributed by atoms with van der Waals surface area (Å²) in [4.78, 5) is 16.4. The van der Waals surface area contributed by atoms with Crippen molar-refractivity contribution in [3.05, 3.63) is 36.2 Å². The summed E-state index contributed by atoms with van der Waals surface area (Å²) in [5.41, 5.74) is 3.19. The molecule has 0 spiro atoms. The molecule has 0 bridgehead atoms. The molecule has 0 aliphatic carbocycles. The summed E-state index contributed by atoms with van der Waals surface area (Å²) in [5.74, 6) is 0.959. The number of carbonyl (C=O) groups is 1. The van der Waals surface area contributed by atoms with Crippen LogP contribution in [0.2, 0.25) is 0 Å². The lowest BCUT2D eigenvalue weighted by Gasteiger charge is -2.16. The Morgan fingerprint density at radius 3 is 2.73 bits per heavy atom. The lowest BCUT2D eigenvalue weighted by atomic mass is 10.1. The van der Waals surface area contributed by atoms with Crippen molar-refractivity contribution in [3.8, 4) is 11.4 Å². The van der Waals surface area contributed by atoms with Gasteiger partial charge in [-0.3, -0.25) is 4.79 Å². The van der Waals surface area contributed by atoms with Crippen LogP contribution in [0.5, 0.6) is 0 Å². The Kier molecular flexibility index (Phi) is 9.65. The zero-order valence-corrected chi connectivity index (χ0v) is 16.5. The molecular formula is C18H26Cl2N4O2. The number of anilines is 1. The zero-order valence-electron chi connectivity index (χ0n) is 14.9. The largest absolute Gasteiger partial charge is 0.383 e. The van der Waals surface area contributed by atoms with E-state index in [2.05, 4.69) is 20.2 Å². The molecule has 0 saturated heterocycles. The van der Waals surface area contributed by atoms with Crippen LogP contribution in [0.1, 0.15) is 18.5 Å². The maximum absolute atomic E-state index is 11.8.